The van der Waals surface area contributed by atoms with E-state index in [1.807, 2.05) is 17.5 Å². The summed E-state index contributed by atoms with van der Waals surface area (Å²) in [7, 11) is 0. The lowest BCUT2D eigenvalue weighted by atomic mass is 10.0. The largest absolute Gasteiger partial charge is 0.349 e. The van der Waals surface area contributed by atoms with Gasteiger partial charge in [0, 0.05) is 16.6 Å². The third-order valence-electron chi connectivity index (χ3n) is 4.18. The Morgan fingerprint density at radius 3 is 2.62 bits per heavy atom. The zero-order valence-electron chi connectivity index (χ0n) is 14.7. The van der Waals surface area contributed by atoms with Crippen LogP contribution in [-0.2, 0) is 0 Å². The Bertz CT molecular complexity index is 788. The number of urea groups is 1. The third kappa shape index (κ3) is 4.77. The van der Waals surface area contributed by atoms with Gasteiger partial charge in [-0.05, 0) is 48.4 Å². The molecule has 1 aromatic heterocycles. The first-order valence-electron chi connectivity index (χ1n) is 8.65. The third-order valence-corrected chi connectivity index (χ3v) is 5.47. The average Bonchev–Trinajstić information content (AvgIpc) is 3.23. The Morgan fingerprint density at radius 1 is 1.23 bits per heavy atom. The van der Waals surface area contributed by atoms with Gasteiger partial charge in [0.1, 0.15) is 0 Å². The number of thiophene rings is 1. The van der Waals surface area contributed by atoms with Crippen molar-refractivity contribution in [1.29, 1.82) is 0 Å². The van der Waals surface area contributed by atoms with Gasteiger partial charge in [0.25, 0.3) is 5.91 Å². The van der Waals surface area contributed by atoms with E-state index < -0.39 is 0 Å². The predicted molar refractivity (Wildman–Crippen MR) is 106 cm³/mol. The van der Waals surface area contributed by atoms with E-state index in [4.69, 9.17) is 11.6 Å². The Morgan fingerprint density at radius 2 is 2.00 bits per heavy atom. The number of rotatable bonds is 6. The summed E-state index contributed by atoms with van der Waals surface area (Å²) in [6.07, 6.45) is 2.01. The van der Waals surface area contributed by atoms with Crippen molar-refractivity contribution in [2.45, 2.75) is 38.8 Å². The van der Waals surface area contributed by atoms with Crippen LogP contribution in [0.1, 0.15) is 48.0 Å². The number of hydrogen-bond acceptors (Lipinski definition) is 3. The molecule has 1 unspecified atom stereocenters. The van der Waals surface area contributed by atoms with E-state index >= 15 is 0 Å². The van der Waals surface area contributed by atoms with Gasteiger partial charge in [0.05, 0.1) is 16.6 Å². The standard InChI is InChI=1S/C19H22ClN3O2S/c1-11(2)17(16-4-3-9-26-16)23-19(25)22-13-7-8-15(20)14(10-13)18(24)21-12-5-6-12/h3-4,7-12,17H,5-6H2,1-2H3,(H,21,24)(H2,22,23,25). The molecule has 26 heavy (non-hydrogen) atoms. The Labute approximate surface area is 162 Å². The highest BCUT2D eigenvalue weighted by Crippen LogP contribution is 2.27. The fraction of sp³-hybridized carbons (Fsp3) is 0.368. The first kappa shape index (κ1) is 18.7. The van der Waals surface area contributed by atoms with Crippen molar-refractivity contribution in [3.8, 4) is 0 Å². The first-order valence-corrected chi connectivity index (χ1v) is 9.91. The van der Waals surface area contributed by atoms with Gasteiger partial charge in [-0.1, -0.05) is 31.5 Å². The van der Waals surface area contributed by atoms with Crippen molar-refractivity contribution in [2.24, 2.45) is 5.92 Å². The van der Waals surface area contributed by atoms with Gasteiger partial charge in [-0.3, -0.25) is 4.79 Å². The summed E-state index contributed by atoms with van der Waals surface area (Å²) in [5, 5.41) is 11.1. The van der Waals surface area contributed by atoms with Crippen LogP contribution >= 0.6 is 22.9 Å². The van der Waals surface area contributed by atoms with Gasteiger partial charge < -0.3 is 16.0 Å². The Kier molecular flexibility index (Phi) is 5.84. The normalized spacial score (nSPS) is 14.8. The molecule has 0 saturated heterocycles. The van der Waals surface area contributed by atoms with E-state index in [0.717, 1.165) is 17.7 Å². The summed E-state index contributed by atoms with van der Waals surface area (Å²) in [6, 6.07) is 8.76. The molecular weight excluding hydrogens is 370 g/mol. The second kappa shape index (κ2) is 8.10. The maximum atomic E-state index is 12.4. The number of halogens is 1. The summed E-state index contributed by atoms with van der Waals surface area (Å²) in [5.41, 5.74) is 0.900. The number of carbonyl (C=O) groups is 2. The summed E-state index contributed by atoms with van der Waals surface area (Å²) in [4.78, 5) is 25.8. The van der Waals surface area contributed by atoms with E-state index in [2.05, 4.69) is 29.8 Å². The molecule has 1 saturated carbocycles. The van der Waals surface area contributed by atoms with Crippen molar-refractivity contribution in [3.63, 3.8) is 0 Å². The number of hydrogen-bond donors (Lipinski definition) is 3. The van der Waals surface area contributed by atoms with E-state index in [-0.39, 0.29) is 29.9 Å². The van der Waals surface area contributed by atoms with Crippen LogP contribution in [0.15, 0.2) is 35.7 Å². The van der Waals surface area contributed by atoms with Gasteiger partial charge in [-0.25, -0.2) is 4.79 Å². The minimum Gasteiger partial charge on any atom is -0.349 e. The lowest BCUT2D eigenvalue weighted by molar-refractivity contribution is 0.0951. The van der Waals surface area contributed by atoms with Crippen LogP contribution in [0.25, 0.3) is 0 Å². The maximum Gasteiger partial charge on any atom is 0.319 e. The smallest absolute Gasteiger partial charge is 0.319 e. The van der Waals surface area contributed by atoms with Gasteiger partial charge in [0.2, 0.25) is 0 Å². The highest BCUT2D eigenvalue weighted by Gasteiger charge is 2.25. The monoisotopic (exact) mass is 391 g/mol. The highest BCUT2D eigenvalue weighted by atomic mass is 35.5. The van der Waals surface area contributed by atoms with E-state index in [1.165, 1.54) is 0 Å². The highest BCUT2D eigenvalue weighted by molar-refractivity contribution is 7.10. The minimum atomic E-state index is -0.312. The van der Waals surface area contributed by atoms with Crippen molar-refractivity contribution in [2.75, 3.05) is 5.32 Å². The molecule has 0 bridgehead atoms. The molecule has 3 rings (SSSR count). The van der Waals surface area contributed by atoms with Gasteiger partial charge >= 0.3 is 6.03 Å². The molecule has 5 nitrogen and oxygen atoms in total. The van der Waals surface area contributed by atoms with Gasteiger partial charge in [-0.2, -0.15) is 0 Å². The molecule has 1 aliphatic carbocycles. The quantitative estimate of drug-likeness (QED) is 0.661. The van der Waals surface area contributed by atoms with Crippen LogP contribution in [-0.4, -0.2) is 18.0 Å². The summed E-state index contributed by atoms with van der Waals surface area (Å²) in [5.74, 6) is 0.0460. The van der Waals surface area contributed by atoms with Crippen molar-refractivity contribution in [3.05, 3.63) is 51.2 Å². The number of benzene rings is 1. The topological polar surface area (TPSA) is 70.2 Å². The molecule has 1 atom stereocenters. The molecule has 2 aromatic rings. The lowest BCUT2D eigenvalue weighted by Gasteiger charge is -2.21. The van der Waals surface area contributed by atoms with Crippen LogP contribution in [0.4, 0.5) is 10.5 Å². The van der Waals surface area contributed by atoms with Crippen LogP contribution in [0.3, 0.4) is 0 Å². The number of anilines is 1. The lowest BCUT2D eigenvalue weighted by Crippen LogP contribution is -2.34. The molecular formula is C19H22ClN3O2S. The van der Waals surface area contributed by atoms with E-state index in [0.29, 0.717) is 16.3 Å². The first-order chi connectivity index (χ1) is 12.4. The molecule has 3 N–H and O–H groups in total. The predicted octanol–water partition coefficient (Wildman–Crippen LogP) is 4.81. The van der Waals surface area contributed by atoms with Crippen molar-refractivity contribution in [1.82, 2.24) is 10.6 Å². The van der Waals surface area contributed by atoms with Gasteiger partial charge in [-0.15, -0.1) is 11.3 Å². The van der Waals surface area contributed by atoms with E-state index in [9.17, 15) is 9.59 Å². The Balaban J connectivity index is 1.67. The van der Waals surface area contributed by atoms with Gasteiger partial charge in [0.15, 0.2) is 0 Å². The second-order valence-corrected chi connectivity index (χ2v) is 8.16. The molecule has 138 valence electrons. The average molecular weight is 392 g/mol. The van der Waals surface area contributed by atoms with Crippen LogP contribution < -0.4 is 16.0 Å². The molecule has 7 heteroatoms. The van der Waals surface area contributed by atoms with Crippen LogP contribution in [0, 0.1) is 5.92 Å². The zero-order chi connectivity index (χ0) is 18.7. The molecule has 1 fully saturated rings. The van der Waals surface area contributed by atoms with Crippen LogP contribution in [0.5, 0.6) is 0 Å². The van der Waals surface area contributed by atoms with Crippen LogP contribution in [0.2, 0.25) is 5.02 Å². The molecule has 0 spiro atoms. The maximum absolute atomic E-state index is 12.4. The number of nitrogens with one attached hydrogen (secondary N) is 3. The van der Waals surface area contributed by atoms with Crippen molar-refractivity contribution < 1.29 is 9.59 Å². The minimum absolute atomic E-state index is 0.0695. The number of carbonyl (C=O) groups excluding carboxylic acids is 2. The van der Waals surface area contributed by atoms with Crippen molar-refractivity contribution >= 4 is 40.6 Å². The summed E-state index contributed by atoms with van der Waals surface area (Å²) >= 11 is 7.75. The SMILES string of the molecule is CC(C)C(NC(=O)Nc1ccc(Cl)c(C(=O)NC2CC2)c1)c1cccs1. The molecule has 1 heterocycles. The molecule has 1 aromatic carbocycles. The molecule has 0 aliphatic heterocycles. The molecule has 3 amide bonds. The number of amides is 3. The fourth-order valence-electron chi connectivity index (χ4n) is 2.61. The molecule has 1 aliphatic rings. The fourth-order valence-corrected chi connectivity index (χ4v) is 3.76. The molecule has 0 radical (unpaired) electrons. The Hall–Kier alpha value is -2.05. The summed E-state index contributed by atoms with van der Waals surface area (Å²) in [6.45, 7) is 4.13. The second-order valence-electron chi connectivity index (χ2n) is 6.78. The summed E-state index contributed by atoms with van der Waals surface area (Å²) < 4.78 is 0. The zero-order valence-corrected chi connectivity index (χ0v) is 16.3. The van der Waals surface area contributed by atoms with E-state index in [1.54, 1.807) is 29.5 Å².